The van der Waals surface area contributed by atoms with Gasteiger partial charge in [0.15, 0.2) is 5.96 Å². The Morgan fingerprint density at radius 3 is 2.48 bits per heavy atom. The molecule has 150 valence electrons. The van der Waals surface area contributed by atoms with Crippen molar-refractivity contribution in [3.05, 3.63) is 23.2 Å². The van der Waals surface area contributed by atoms with E-state index >= 15 is 0 Å². The Kier molecular flexibility index (Phi) is 7.65. The third-order valence-electron chi connectivity index (χ3n) is 5.69. The first kappa shape index (κ1) is 20.3. The molecule has 27 heavy (non-hydrogen) atoms. The van der Waals surface area contributed by atoms with Crippen LogP contribution in [0.25, 0.3) is 0 Å². The first-order valence-corrected chi connectivity index (χ1v) is 10.7. The molecule has 2 aliphatic rings. The molecule has 0 heterocycles. The van der Waals surface area contributed by atoms with Crippen molar-refractivity contribution in [3.63, 3.8) is 0 Å². The van der Waals surface area contributed by atoms with Gasteiger partial charge >= 0.3 is 0 Å². The number of halogens is 1. The molecule has 0 spiro atoms. The average molecular weight is 393 g/mol. The highest BCUT2D eigenvalue weighted by atomic mass is 35.5. The van der Waals surface area contributed by atoms with Crippen LogP contribution in [0.2, 0.25) is 5.02 Å². The molecule has 2 aliphatic carbocycles. The first-order valence-electron chi connectivity index (χ1n) is 10.4. The van der Waals surface area contributed by atoms with Crippen LogP contribution in [0.1, 0.15) is 64.2 Å². The smallest absolute Gasteiger partial charge is 0.196 e. The fourth-order valence-electron chi connectivity index (χ4n) is 4.09. The minimum Gasteiger partial charge on any atom is -0.495 e. The van der Waals surface area contributed by atoms with Crippen molar-refractivity contribution in [2.75, 3.05) is 12.4 Å². The number of aliphatic imine (C=N–C) groups is 1. The summed E-state index contributed by atoms with van der Waals surface area (Å²) in [6, 6.07) is 6.32. The summed E-state index contributed by atoms with van der Waals surface area (Å²) in [5, 5.41) is 7.78. The minimum absolute atomic E-state index is 0.132. The lowest BCUT2D eigenvalue weighted by molar-refractivity contribution is 0.385. The molecule has 2 fully saturated rings. The summed E-state index contributed by atoms with van der Waals surface area (Å²) in [5.41, 5.74) is 7.18. The average Bonchev–Trinajstić information content (AvgIpc) is 2.92. The van der Waals surface area contributed by atoms with Gasteiger partial charge in [-0.25, -0.2) is 4.99 Å². The van der Waals surface area contributed by atoms with E-state index in [0.717, 1.165) is 30.2 Å². The van der Waals surface area contributed by atoms with Gasteiger partial charge in [0.1, 0.15) is 5.75 Å². The SMILES string of the molecule is COc1ccc(Cl)cc1NC(=N[C@H]1CCCC[C@@H]1N)NC1CCCCCC1. The minimum atomic E-state index is 0.132. The number of hydrogen-bond donors (Lipinski definition) is 3. The van der Waals surface area contributed by atoms with Crippen LogP contribution in [-0.2, 0) is 0 Å². The Balaban J connectivity index is 1.81. The van der Waals surface area contributed by atoms with Crippen molar-refractivity contribution < 1.29 is 4.74 Å². The number of nitrogens with one attached hydrogen (secondary N) is 2. The van der Waals surface area contributed by atoms with Crippen LogP contribution in [0.15, 0.2) is 23.2 Å². The summed E-state index contributed by atoms with van der Waals surface area (Å²) in [6.07, 6.45) is 12.1. The van der Waals surface area contributed by atoms with Crippen LogP contribution < -0.4 is 21.1 Å². The topological polar surface area (TPSA) is 71.7 Å². The van der Waals surface area contributed by atoms with Crippen molar-refractivity contribution >= 4 is 23.2 Å². The molecule has 2 atom stereocenters. The highest BCUT2D eigenvalue weighted by Crippen LogP contribution is 2.28. The first-order chi connectivity index (χ1) is 13.2. The fourth-order valence-corrected chi connectivity index (χ4v) is 4.27. The fraction of sp³-hybridized carbons (Fsp3) is 0.667. The maximum Gasteiger partial charge on any atom is 0.196 e. The van der Waals surface area contributed by atoms with Gasteiger partial charge in [-0.2, -0.15) is 0 Å². The molecular formula is C21H33ClN4O. The molecule has 1 aromatic carbocycles. The third kappa shape index (κ3) is 6.01. The van der Waals surface area contributed by atoms with Crippen LogP contribution in [0.3, 0.4) is 0 Å². The van der Waals surface area contributed by atoms with E-state index in [1.54, 1.807) is 7.11 Å². The van der Waals surface area contributed by atoms with Crippen LogP contribution in [0.4, 0.5) is 5.69 Å². The second kappa shape index (κ2) is 10.2. The van der Waals surface area contributed by atoms with E-state index < -0.39 is 0 Å². The van der Waals surface area contributed by atoms with Gasteiger partial charge in [-0.1, -0.05) is 50.1 Å². The van der Waals surface area contributed by atoms with Crippen LogP contribution >= 0.6 is 11.6 Å². The molecule has 0 saturated heterocycles. The number of nitrogens with two attached hydrogens (primary N) is 1. The Hall–Kier alpha value is -1.46. The van der Waals surface area contributed by atoms with Gasteiger partial charge in [-0.15, -0.1) is 0 Å². The molecule has 4 N–H and O–H groups in total. The quantitative estimate of drug-likeness (QED) is 0.394. The Labute approximate surface area is 168 Å². The number of ether oxygens (including phenoxy) is 1. The molecular weight excluding hydrogens is 360 g/mol. The zero-order valence-corrected chi connectivity index (χ0v) is 17.1. The van der Waals surface area contributed by atoms with Gasteiger partial charge in [0.25, 0.3) is 0 Å². The summed E-state index contributed by atoms with van der Waals surface area (Å²) >= 11 is 6.21. The van der Waals surface area contributed by atoms with E-state index in [1.807, 2.05) is 18.2 Å². The molecule has 0 amide bonds. The van der Waals surface area contributed by atoms with E-state index in [2.05, 4.69) is 10.6 Å². The number of methoxy groups -OCH3 is 1. The Bertz CT molecular complexity index is 629. The molecule has 0 radical (unpaired) electrons. The van der Waals surface area contributed by atoms with E-state index in [0.29, 0.717) is 11.1 Å². The van der Waals surface area contributed by atoms with Gasteiger partial charge in [0, 0.05) is 17.1 Å². The predicted molar refractivity (Wildman–Crippen MR) is 114 cm³/mol. The maximum atomic E-state index is 6.35. The third-order valence-corrected chi connectivity index (χ3v) is 5.92. The standard InChI is InChI=1S/C21H33ClN4O/c1-27-20-13-12-15(22)14-19(20)26-21(24-16-8-4-2-3-5-9-16)25-18-11-7-6-10-17(18)23/h12-14,16-18H,2-11,23H2,1H3,(H2,24,25,26)/t17-,18-/m0/s1. The highest BCUT2D eigenvalue weighted by molar-refractivity contribution is 6.31. The lowest BCUT2D eigenvalue weighted by Crippen LogP contribution is -2.43. The van der Waals surface area contributed by atoms with Gasteiger partial charge in [0.2, 0.25) is 0 Å². The van der Waals surface area contributed by atoms with E-state index in [9.17, 15) is 0 Å². The van der Waals surface area contributed by atoms with E-state index in [4.69, 9.17) is 27.1 Å². The van der Waals surface area contributed by atoms with Gasteiger partial charge in [-0.05, 0) is 43.9 Å². The number of anilines is 1. The summed E-state index contributed by atoms with van der Waals surface area (Å²) in [7, 11) is 1.67. The van der Waals surface area contributed by atoms with Crippen LogP contribution in [-0.4, -0.2) is 31.2 Å². The second-order valence-electron chi connectivity index (χ2n) is 7.80. The van der Waals surface area contributed by atoms with Gasteiger partial charge < -0.3 is 21.1 Å². The number of guanidine groups is 1. The van der Waals surface area contributed by atoms with Gasteiger partial charge in [-0.3, -0.25) is 0 Å². The lowest BCUT2D eigenvalue weighted by atomic mass is 9.91. The van der Waals surface area contributed by atoms with Crippen molar-refractivity contribution in [1.82, 2.24) is 5.32 Å². The summed E-state index contributed by atoms with van der Waals surface area (Å²) in [6.45, 7) is 0. The molecule has 0 aliphatic heterocycles. The molecule has 6 heteroatoms. The van der Waals surface area contributed by atoms with E-state index in [1.165, 1.54) is 51.4 Å². The van der Waals surface area contributed by atoms with Crippen LogP contribution in [0, 0.1) is 0 Å². The molecule has 0 bridgehead atoms. The number of benzene rings is 1. The molecule has 3 rings (SSSR count). The summed E-state index contributed by atoms with van der Waals surface area (Å²) < 4.78 is 5.49. The summed E-state index contributed by atoms with van der Waals surface area (Å²) in [4.78, 5) is 5.01. The maximum absolute atomic E-state index is 6.35. The Morgan fingerprint density at radius 2 is 1.78 bits per heavy atom. The largest absolute Gasteiger partial charge is 0.495 e. The van der Waals surface area contributed by atoms with Crippen molar-refractivity contribution in [2.45, 2.75) is 82.3 Å². The number of hydrogen-bond acceptors (Lipinski definition) is 3. The number of nitrogens with zero attached hydrogens (tertiary/aromatic N) is 1. The van der Waals surface area contributed by atoms with Gasteiger partial charge in [0.05, 0.1) is 18.8 Å². The van der Waals surface area contributed by atoms with E-state index in [-0.39, 0.29) is 12.1 Å². The predicted octanol–water partition coefficient (Wildman–Crippen LogP) is 4.70. The zero-order valence-electron chi connectivity index (χ0n) is 16.3. The van der Waals surface area contributed by atoms with Crippen LogP contribution in [0.5, 0.6) is 5.75 Å². The summed E-state index contributed by atoms with van der Waals surface area (Å²) in [5.74, 6) is 1.55. The molecule has 0 unspecified atom stereocenters. The lowest BCUT2D eigenvalue weighted by Gasteiger charge is -2.28. The Morgan fingerprint density at radius 1 is 1.07 bits per heavy atom. The highest BCUT2D eigenvalue weighted by Gasteiger charge is 2.23. The van der Waals surface area contributed by atoms with Crippen molar-refractivity contribution in [3.8, 4) is 5.75 Å². The van der Waals surface area contributed by atoms with Crippen molar-refractivity contribution in [2.24, 2.45) is 10.7 Å². The second-order valence-corrected chi connectivity index (χ2v) is 8.23. The normalized spacial score (nSPS) is 24.9. The molecule has 1 aromatic rings. The number of rotatable bonds is 4. The molecule has 5 nitrogen and oxygen atoms in total. The monoisotopic (exact) mass is 392 g/mol. The zero-order chi connectivity index (χ0) is 19.1. The van der Waals surface area contributed by atoms with Crippen molar-refractivity contribution in [1.29, 1.82) is 0 Å². The molecule has 0 aromatic heterocycles. The molecule has 2 saturated carbocycles.